The van der Waals surface area contributed by atoms with Crippen molar-refractivity contribution in [3.05, 3.63) is 72.1 Å². The Bertz CT molecular complexity index is 1030. The summed E-state index contributed by atoms with van der Waals surface area (Å²) in [6.45, 7) is 5.55. The van der Waals surface area contributed by atoms with Crippen LogP contribution in [0.5, 0.6) is 5.75 Å². The average molecular weight is 576 g/mol. The summed E-state index contributed by atoms with van der Waals surface area (Å²) >= 11 is 0. The van der Waals surface area contributed by atoms with Crippen molar-refractivity contribution in [1.82, 2.24) is 15.6 Å². The Balaban J connectivity index is 0.00000324. The third kappa shape index (κ3) is 6.50. The molecule has 2 N–H and O–H groups in total. The van der Waals surface area contributed by atoms with E-state index in [-0.39, 0.29) is 29.4 Å². The van der Waals surface area contributed by atoms with Crippen molar-refractivity contribution in [1.29, 1.82) is 0 Å². The maximum absolute atomic E-state index is 5.67. The maximum Gasteiger partial charge on any atom is 0.226 e. The van der Waals surface area contributed by atoms with Crippen molar-refractivity contribution in [2.45, 2.75) is 31.7 Å². The molecule has 0 unspecified atom stereocenters. The molecule has 1 saturated heterocycles. The number of nitrogens with zero attached hydrogens (tertiary/aromatic N) is 2. The summed E-state index contributed by atoms with van der Waals surface area (Å²) in [5, 5.41) is 6.91. The van der Waals surface area contributed by atoms with Crippen LogP contribution < -0.4 is 15.4 Å². The zero-order valence-corrected chi connectivity index (χ0v) is 22.1. The van der Waals surface area contributed by atoms with Crippen LogP contribution in [0.2, 0.25) is 0 Å². The van der Waals surface area contributed by atoms with E-state index in [9.17, 15) is 0 Å². The molecule has 34 heavy (non-hydrogen) atoms. The number of rotatable bonds is 8. The molecule has 0 atom stereocenters. The zero-order valence-electron chi connectivity index (χ0n) is 19.8. The summed E-state index contributed by atoms with van der Waals surface area (Å²) in [5.41, 5.74) is 3.02. The van der Waals surface area contributed by atoms with Crippen molar-refractivity contribution in [2.75, 3.05) is 33.4 Å². The summed E-state index contributed by atoms with van der Waals surface area (Å²) in [4.78, 5) is 9.33. The first-order valence-corrected chi connectivity index (χ1v) is 11.5. The normalized spacial score (nSPS) is 15.3. The summed E-state index contributed by atoms with van der Waals surface area (Å²) in [5.74, 6) is 2.24. The lowest BCUT2D eigenvalue weighted by molar-refractivity contribution is 0.0513. The molecule has 1 fully saturated rings. The first-order valence-electron chi connectivity index (χ1n) is 11.5. The molecule has 2 aromatic carbocycles. The fourth-order valence-electron chi connectivity index (χ4n) is 4.12. The van der Waals surface area contributed by atoms with Crippen molar-refractivity contribution in [2.24, 2.45) is 4.99 Å². The lowest BCUT2D eigenvalue weighted by atomic mass is 9.74. The number of hydrogen-bond donors (Lipinski definition) is 2. The van der Waals surface area contributed by atoms with Crippen molar-refractivity contribution in [3.63, 3.8) is 0 Å². The number of nitrogens with one attached hydrogen (secondary N) is 2. The molecular formula is C26H33IN4O3. The Morgan fingerprint density at radius 3 is 2.47 bits per heavy atom. The molecule has 3 aromatic rings. The first kappa shape index (κ1) is 26.0. The largest absolute Gasteiger partial charge is 0.497 e. The predicted octanol–water partition coefficient (Wildman–Crippen LogP) is 4.77. The summed E-state index contributed by atoms with van der Waals surface area (Å²) in [6, 6.07) is 18.3. The van der Waals surface area contributed by atoms with E-state index in [0.29, 0.717) is 12.4 Å². The van der Waals surface area contributed by atoms with Crippen molar-refractivity contribution >= 4 is 29.9 Å². The van der Waals surface area contributed by atoms with Crippen LogP contribution >= 0.6 is 24.0 Å². The monoisotopic (exact) mass is 576 g/mol. The van der Waals surface area contributed by atoms with E-state index < -0.39 is 0 Å². The molecule has 0 aliphatic carbocycles. The Hall–Kier alpha value is -2.59. The molecule has 0 bridgehead atoms. The van der Waals surface area contributed by atoms with Crippen LogP contribution in [0.15, 0.2) is 70.3 Å². The van der Waals surface area contributed by atoms with E-state index in [1.54, 1.807) is 13.4 Å². The van der Waals surface area contributed by atoms with E-state index >= 15 is 0 Å². The molecule has 7 nitrogen and oxygen atoms in total. The fourth-order valence-corrected chi connectivity index (χ4v) is 4.12. The molecular weight excluding hydrogens is 543 g/mol. The third-order valence-corrected chi connectivity index (χ3v) is 6.06. The first-order chi connectivity index (χ1) is 16.2. The Morgan fingerprint density at radius 2 is 1.79 bits per heavy atom. The number of guanidine groups is 1. The highest BCUT2D eigenvalue weighted by Gasteiger charge is 2.34. The molecule has 0 saturated carbocycles. The van der Waals surface area contributed by atoms with Gasteiger partial charge < -0.3 is 24.5 Å². The van der Waals surface area contributed by atoms with Gasteiger partial charge >= 0.3 is 0 Å². The van der Waals surface area contributed by atoms with Gasteiger partial charge in [0.1, 0.15) is 17.7 Å². The summed E-state index contributed by atoms with van der Waals surface area (Å²) in [6.07, 6.45) is 3.58. The molecule has 8 heteroatoms. The van der Waals surface area contributed by atoms with Crippen LogP contribution in [0, 0.1) is 0 Å². The lowest BCUT2D eigenvalue weighted by Gasteiger charge is -2.38. The van der Waals surface area contributed by atoms with Crippen LogP contribution in [-0.4, -0.2) is 44.4 Å². The topological polar surface area (TPSA) is 80.9 Å². The van der Waals surface area contributed by atoms with Gasteiger partial charge in [0, 0.05) is 37.3 Å². The van der Waals surface area contributed by atoms with Gasteiger partial charge in [0.2, 0.25) is 5.89 Å². The second kappa shape index (κ2) is 12.8. The SMILES string of the molecule is CCNC(=NCc1coc(-c2ccccc2)n1)NCC1(c2ccc(OC)cc2)CCOCC1.I. The van der Waals surface area contributed by atoms with Crippen LogP contribution in [0.1, 0.15) is 31.0 Å². The molecule has 1 aliphatic rings. The quantitative estimate of drug-likeness (QED) is 0.229. The number of hydrogen-bond acceptors (Lipinski definition) is 5. The minimum Gasteiger partial charge on any atom is -0.497 e. The molecule has 4 rings (SSSR count). The summed E-state index contributed by atoms with van der Waals surface area (Å²) in [7, 11) is 1.69. The summed E-state index contributed by atoms with van der Waals surface area (Å²) < 4.78 is 16.7. The number of benzene rings is 2. The van der Waals surface area contributed by atoms with Gasteiger partial charge in [-0.25, -0.2) is 9.98 Å². The van der Waals surface area contributed by atoms with E-state index in [1.807, 2.05) is 42.5 Å². The van der Waals surface area contributed by atoms with Gasteiger partial charge in [-0.1, -0.05) is 30.3 Å². The second-order valence-corrected chi connectivity index (χ2v) is 8.18. The Kier molecular flexibility index (Phi) is 9.76. The molecule has 182 valence electrons. The van der Waals surface area contributed by atoms with E-state index in [0.717, 1.165) is 62.1 Å². The molecule has 1 aliphatic heterocycles. The van der Waals surface area contributed by atoms with Crippen molar-refractivity contribution < 1.29 is 13.9 Å². The van der Waals surface area contributed by atoms with Gasteiger partial charge in [0.25, 0.3) is 0 Å². The van der Waals surface area contributed by atoms with E-state index in [2.05, 4.69) is 34.7 Å². The van der Waals surface area contributed by atoms with E-state index in [1.165, 1.54) is 5.56 Å². The number of ether oxygens (including phenoxy) is 2. The zero-order chi connectivity index (χ0) is 22.9. The van der Waals surface area contributed by atoms with Gasteiger partial charge in [-0.15, -0.1) is 24.0 Å². The second-order valence-electron chi connectivity index (χ2n) is 8.18. The molecule has 0 radical (unpaired) electrons. The van der Waals surface area contributed by atoms with Gasteiger partial charge in [0.15, 0.2) is 5.96 Å². The van der Waals surface area contributed by atoms with Gasteiger partial charge in [0.05, 0.1) is 13.7 Å². The minimum atomic E-state index is -0.0188. The highest BCUT2D eigenvalue weighted by Crippen LogP contribution is 2.35. The maximum atomic E-state index is 5.67. The lowest BCUT2D eigenvalue weighted by Crippen LogP contribution is -2.48. The molecule has 2 heterocycles. The van der Waals surface area contributed by atoms with Gasteiger partial charge in [-0.05, 0) is 49.6 Å². The Labute approximate surface area is 218 Å². The van der Waals surface area contributed by atoms with Crippen molar-refractivity contribution in [3.8, 4) is 17.2 Å². The highest BCUT2D eigenvalue weighted by molar-refractivity contribution is 14.0. The van der Waals surface area contributed by atoms with E-state index in [4.69, 9.17) is 18.9 Å². The molecule has 0 amide bonds. The molecule has 0 spiro atoms. The Morgan fingerprint density at radius 1 is 1.06 bits per heavy atom. The van der Waals surface area contributed by atoms with Crippen LogP contribution in [0.25, 0.3) is 11.5 Å². The molecule has 1 aromatic heterocycles. The average Bonchev–Trinajstić information content (AvgIpc) is 3.36. The number of methoxy groups -OCH3 is 1. The standard InChI is InChI=1S/C26H32N4O3.HI/c1-3-27-25(28-17-22-18-33-24(30-22)20-7-5-4-6-8-20)29-19-26(13-15-32-16-14-26)21-9-11-23(31-2)12-10-21;/h4-12,18H,3,13-17,19H2,1-2H3,(H2,27,28,29);1H. The van der Waals surface area contributed by atoms with Crippen LogP contribution in [-0.2, 0) is 16.7 Å². The fraction of sp³-hybridized carbons (Fsp3) is 0.385. The van der Waals surface area contributed by atoms with Crippen LogP contribution in [0.3, 0.4) is 0 Å². The number of aliphatic imine (C=N–C) groups is 1. The minimum absolute atomic E-state index is 0. The van der Waals surface area contributed by atoms with Crippen LogP contribution in [0.4, 0.5) is 0 Å². The smallest absolute Gasteiger partial charge is 0.226 e. The highest BCUT2D eigenvalue weighted by atomic mass is 127. The van der Waals surface area contributed by atoms with Gasteiger partial charge in [-0.3, -0.25) is 0 Å². The third-order valence-electron chi connectivity index (χ3n) is 6.06. The number of halogens is 1. The van der Waals surface area contributed by atoms with Gasteiger partial charge in [-0.2, -0.15) is 0 Å². The predicted molar refractivity (Wildman–Crippen MR) is 145 cm³/mol. The number of aromatic nitrogens is 1. The number of oxazole rings is 1.